The number of ether oxygens (including phenoxy) is 2. The van der Waals surface area contributed by atoms with Gasteiger partial charge in [0.15, 0.2) is 0 Å². The molecule has 104 valence electrons. The van der Waals surface area contributed by atoms with Crippen LogP contribution in [0.4, 0.5) is 0 Å². The number of esters is 1. The van der Waals surface area contributed by atoms with Gasteiger partial charge in [0.25, 0.3) is 0 Å². The molecule has 18 heavy (non-hydrogen) atoms. The molecular weight excluding hydrogens is 230 g/mol. The lowest BCUT2D eigenvalue weighted by atomic mass is 9.80. The highest BCUT2D eigenvalue weighted by Gasteiger charge is 2.40. The van der Waals surface area contributed by atoms with Gasteiger partial charge in [-0.05, 0) is 31.6 Å². The van der Waals surface area contributed by atoms with Crippen molar-refractivity contribution in [2.75, 3.05) is 26.4 Å². The molecule has 0 aromatic rings. The van der Waals surface area contributed by atoms with Crippen molar-refractivity contribution >= 4 is 5.97 Å². The van der Waals surface area contributed by atoms with E-state index in [1.807, 2.05) is 0 Å². The largest absolute Gasteiger partial charge is 0.465 e. The second-order valence-corrected chi connectivity index (χ2v) is 5.70. The Labute approximate surface area is 109 Å². The summed E-state index contributed by atoms with van der Waals surface area (Å²) in [5.74, 6) is 0.469. The highest BCUT2D eigenvalue weighted by Crippen LogP contribution is 2.32. The number of carbonyl (C=O) groups is 1. The maximum atomic E-state index is 12.2. The molecule has 4 nitrogen and oxygen atoms in total. The van der Waals surface area contributed by atoms with Crippen LogP contribution >= 0.6 is 0 Å². The minimum atomic E-state index is -0.479. The Bertz CT molecular complexity index is 268. The number of carbonyl (C=O) groups excluding carboxylic acids is 1. The number of nitrogens with two attached hydrogens (primary N) is 1. The lowest BCUT2D eigenvalue weighted by Gasteiger charge is -2.34. The Hall–Kier alpha value is -0.610. The molecule has 2 N–H and O–H groups in total. The lowest BCUT2D eigenvalue weighted by Crippen LogP contribution is -2.44. The summed E-state index contributed by atoms with van der Waals surface area (Å²) in [5, 5.41) is 0. The van der Waals surface area contributed by atoms with Gasteiger partial charge in [-0.1, -0.05) is 19.3 Å². The Morgan fingerprint density at radius 1 is 1.22 bits per heavy atom. The van der Waals surface area contributed by atoms with Crippen molar-refractivity contribution in [3.05, 3.63) is 0 Å². The van der Waals surface area contributed by atoms with Crippen LogP contribution in [0.3, 0.4) is 0 Å². The molecule has 0 radical (unpaired) electrons. The van der Waals surface area contributed by atoms with Gasteiger partial charge in [0.1, 0.15) is 0 Å². The van der Waals surface area contributed by atoms with Crippen LogP contribution in [0.5, 0.6) is 0 Å². The average molecular weight is 255 g/mol. The number of hydrogen-bond acceptors (Lipinski definition) is 4. The smallest absolute Gasteiger partial charge is 0.313 e. The molecule has 0 unspecified atom stereocenters. The average Bonchev–Trinajstić information content (AvgIpc) is 2.46. The quantitative estimate of drug-likeness (QED) is 0.779. The van der Waals surface area contributed by atoms with Crippen molar-refractivity contribution < 1.29 is 14.3 Å². The summed E-state index contributed by atoms with van der Waals surface area (Å²) in [5.41, 5.74) is 5.31. The van der Waals surface area contributed by atoms with Gasteiger partial charge in [0.2, 0.25) is 0 Å². The zero-order valence-corrected chi connectivity index (χ0v) is 11.2. The van der Waals surface area contributed by atoms with Crippen molar-refractivity contribution in [3.8, 4) is 0 Å². The van der Waals surface area contributed by atoms with Crippen LogP contribution < -0.4 is 5.73 Å². The van der Waals surface area contributed by atoms with Crippen molar-refractivity contribution in [2.45, 2.75) is 44.9 Å². The summed E-state index contributed by atoms with van der Waals surface area (Å²) in [7, 11) is 0. The molecule has 2 fully saturated rings. The van der Waals surface area contributed by atoms with Crippen LogP contribution in [0, 0.1) is 11.3 Å². The van der Waals surface area contributed by atoms with E-state index in [4.69, 9.17) is 15.2 Å². The third-order valence-electron chi connectivity index (χ3n) is 4.45. The standard InChI is InChI=1S/C14H25NO3/c15-11-14(6-8-17-9-7-14)13(16)18-10-12-4-2-1-3-5-12/h12H,1-11,15H2. The molecule has 1 saturated heterocycles. The van der Waals surface area contributed by atoms with E-state index in [9.17, 15) is 4.79 Å². The van der Waals surface area contributed by atoms with Gasteiger partial charge in [0, 0.05) is 19.8 Å². The van der Waals surface area contributed by atoms with E-state index in [1.54, 1.807) is 0 Å². The minimum absolute atomic E-state index is 0.0983. The molecule has 0 bridgehead atoms. The Morgan fingerprint density at radius 3 is 2.50 bits per heavy atom. The van der Waals surface area contributed by atoms with Crippen LogP contribution in [0.25, 0.3) is 0 Å². The third-order valence-corrected chi connectivity index (χ3v) is 4.45. The highest BCUT2D eigenvalue weighted by molar-refractivity contribution is 5.77. The second-order valence-electron chi connectivity index (χ2n) is 5.70. The molecule has 1 aliphatic carbocycles. The van der Waals surface area contributed by atoms with Gasteiger partial charge in [0.05, 0.1) is 12.0 Å². The van der Waals surface area contributed by atoms with E-state index in [0.717, 1.165) is 0 Å². The highest BCUT2D eigenvalue weighted by atomic mass is 16.5. The summed E-state index contributed by atoms with van der Waals surface area (Å²) in [6.45, 7) is 2.20. The summed E-state index contributed by atoms with van der Waals surface area (Å²) in [6.07, 6.45) is 7.68. The first-order chi connectivity index (χ1) is 8.77. The minimum Gasteiger partial charge on any atom is -0.465 e. The van der Waals surface area contributed by atoms with E-state index >= 15 is 0 Å². The zero-order chi connectivity index (χ0) is 12.8. The molecule has 1 saturated carbocycles. The topological polar surface area (TPSA) is 61.6 Å². The maximum Gasteiger partial charge on any atom is 0.313 e. The molecule has 2 rings (SSSR count). The molecular formula is C14H25NO3. The van der Waals surface area contributed by atoms with Crippen molar-refractivity contribution in [3.63, 3.8) is 0 Å². The molecule has 0 amide bonds. The second kappa shape index (κ2) is 6.53. The van der Waals surface area contributed by atoms with Crippen LogP contribution in [0.2, 0.25) is 0 Å². The fraction of sp³-hybridized carbons (Fsp3) is 0.929. The van der Waals surface area contributed by atoms with Gasteiger partial charge < -0.3 is 15.2 Å². The molecule has 0 aromatic heterocycles. The van der Waals surface area contributed by atoms with Gasteiger partial charge in [-0.2, -0.15) is 0 Å². The summed E-state index contributed by atoms with van der Waals surface area (Å²) < 4.78 is 10.8. The van der Waals surface area contributed by atoms with Crippen LogP contribution in [0.1, 0.15) is 44.9 Å². The van der Waals surface area contributed by atoms with Crippen molar-refractivity contribution in [1.82, 2.24) is 0 Å². The molecule has 1 aliphatic heterocycles. The van der Waals surface area contributed by atoms with E-state index in [2.05, 4.69) is 0 Å². The van der Waals surface area contributed by atoms with Gasteiger partial charge in [-0.15, -0.1) is 0 Å². The first kappa shape index (κ1) is 13.8. The van der Waals surface area contributed by atoms with Crippen LogP contribution in [-0.4, -0.2) is 32.3 Å². The van der Waals surface area contributed by atoms with Gasteiger partial charge in [-0.3, -0.25) is 4.79 Å². The molecule has 0 aromatic carbocycles. The van der Waals surface area contributed by atoms with Crippen LogP contribution in [0.15, 0.2) is 0 Å². The predicted octanol–water partition coefficient (Wildman–Crippen LogP) is 1.87. The SMILES string of the molecule is NCC1(C(=O)OCC2CCCCC2)CCOCC1. The zero-order valence-electron chi connectivity index (χ0n) is 11.2. The summed E-state index contributed by atoms with van der Waals surface area (Å²) in [4.78, 5) is 12.2. The third kappa shape index (κ3) is 3.23. The summed E-state index contributed by atoms with van der Waals surface area (Å²) in [6, 6.07) is 0. The Kier molecular flexibility index (Phi) is 5.01. The van der Waals surface area contributed by atoms with E-state index < -0.39 is 5.41 Å². The Morgan fingerprint density at radius 2 is 1.89 bits per heavy atom. The molecule has 0 atom stereocenters. The van der Waals surface area contributed by atoms with Gasteiger partial charge in [-0.25, -0.2) is 0 Å². The molecule has 4 heteroatoms. The molecule has 1 heterocycles. The van der Waals surface area contributed by atoms with Crippen LogP contribution in [-0.2, 0) is 14.3 Å². The molecule has 0 spiro atoms. The van der Waals surface area contributed by atoms with E-state index in [0.29, 0.717) is 45.1 Å². The first-order valence-corrected chi connectivity index (χ1v) is 7.22. The first-order valence-electron chi connectivity index (χ1n) is 7.22. The Balaban J connectivity index is 1.81. The monoisotopic (exact) mass is 255 g/mol. The maximum absolute atomic E-state index is 12.2. The van der Waals surface area contributed by atoms with E-state index in [-0.39, 0.29) is 5.97 Å². The molecule has 2 aliphatic rings. The van der Waals surface area contributed by atoms with E-state index in [1.165, 1.54) is 32.1 Å². The summed E-state index contributed by atoms with van der Waals surface area (Å²) >= 11 is 0. The fourth-order valence-corrected chi connectivity index (χ4v) is 2.95. The van der Waals surface area contributed by atoms with Gasteiger partial charge >= 0.3 is 5.97 Å². The normalized spacial score (nSPS) is 24.7. The lowest BCUT2D eigenvalue weighted by molar-refractivity contribution is -0.162. The van der Waals surface area contributed by atoms with Crippen molar-refractivity contribution in [2.24, 2.45) is 17.1 Å². The number of hydrogen-bond donors (Lipinski definition) is 1. The predicted molar refractivity (Wildman–Crippen MR) is 69.1 cm³/mol. The van der Waals surface area contributed by atoms with Crippen molar-refractivity contribution in [1.29, 1.82) is 0 Å². The fourth-order valence-electron chi connectivity index (χ4n) is 2.95. The number of rotatable bonds is 4.